The van der Waals surface area contributed by atoms with E-state index in [2.05, 4.69) is 0 Å². The molecule has 5 N–H and O–H groups in total. The van der Waals surface area contributed by atoms with Gasteiger partial charge in [0.1, 0.15) is 0 Å². The molecule has 122 valence electrons. The molecular formula is C17H20ClN3O2. The zero-order chi connectivity index (χ0) is 16.1. The highest BCUT2D eigenvalue weighted by Crippen LogP contribution is 2.18. The number of hydrogen-bond donors (Lipinski definition) is 2. The summed E-state index contributed by atoms with van der Waals surface area (Å²) in [6, 6.07) is 14.9. The fourth-order valence-electron chi connectivity index (χ4n) is 2.20. The Hall–Kier alpha value is -2.37. The van der Waals surface area contributed by atoms with Gasteiger partial charge in [0.05, 0.1) is 0 Å². The van der Waals surface area contributed by atoms with E-state index < -0.39 is 11.8 Å². The minimum atomic E-state index is -0.956. The van der Waals surface area contributed by atoms with E-state index in [1.165, 1.54) is 4.90 Å². The van der Waals surface area contributed by atoms with E-state index in [1.54, 1.807) is 6.07 Å². The third-order valence-electron chi connectivity index (χ3n) is 3.38. The first kappa shape index (κ1) is 18.7. The number of hydrogen-bond acceptors (Lipinski definition) is 3. The highest BCUT2D eigenvalue weighted by atomic mass is 35.5. The number of rotatable bonds is 4. The van der Waals surface area contributed by atoms with E-state index >= 15 is 0 Å². The first-order valence-electron chi connectivity index (χ1n) is 6.85. The largest absolute Gasteiger partial charge is 0.361 e. The van der Waals surface area contributed by atoms with Crippen molar-refractivity contribution in [2.24, 2.45) is 5.73 Å². The van der Waals surface area contributed by atoms with Crippen molar-refractivity contribution in [3.05, 3.63) is 70.2 Å². The molecule has 0 saturated carbocycles. The van der Waals surface area contributed by atoms with Crippen molar-refractivity contribution in [3.8, 4) is 0 Å². The van der Waals surface area contributed by atoms with Gasteiger partial charge in [-0.2, -0.15) is 0 Å². The summed E-state index contributed by atoms with van der Waals surface area (Å²) in [7, 11) is 0. The molecule has 6 heteroatoms. The number of carbonyl (C=O) groups is 2. The molecule has 0 saturated heterocycles. The Morgan fingerprint density at radius 3 is 2.30 bits per heavy atom. The Morgan fingerprint density at radius 2 is 1.74 bits per heavy atom. The van der Waals surface area contributed by atoms with Gasteiger partial charge in [0.2, 0.25) is 0 Å². The molecule has 2 rings (SSSR count). The molecule has 0 aliphatic carbocycles. The van der Waals surface area contributed by atoms with Crippen LogP contribution >= 0.6 is 11.6 Å². The summed E-state index contributed by atoms with van der Waals surface area (Å²) in [6.45, 7) is 2.54. The summed E-state index contributed by atoms with van der Waals surface area (Å²) in [5, 5.41) is 0.636. The molecule has 5 nitrogen and oxygen atoms in total. The first-order valence-corrected chi connectivity index (χ1v) is 7.23. The lowest BCUT2D eigenvalue weighted by Crippen LogP contribution is -2.39. The number of carbonyl (C=O) groups excluding carboxylic acids is 2. The molecule has 0 aromatic heterocycles. The van der Waals surface area contributed by atoms with Gasteiger partial charge in [-0.1, -0.05) is 48.0 Å². The number of nitrogens with zero attached hydrogens (tertiary/aromatic N) is 1. The van der Waals surface area contributed by atoms with Crippen molar-refractivity contribution in [2.45, 2.75) is 20.0 Å². The topological polar surface area (TPSA) is 98.4 Å². The van der Waals surface area contributed by atoms with E-state index in [1.807, 2.05) is 49.4 Å². The molecule has 2 amide bonds. The fourth-order valence-corrected chi connectivity index (χ4v) is 2.43. The van der Waals surface area contributed by atoms with E-state index in [4.69, 9.17) is 17.3 Å². The third kappa shape index (κ3) is 5.09. The van der Waals surface area contributed by atoms with Gasteiger partial charge >= 0.3 is 11.8 Å². The second kappa shape index (κ2) is 8.31. The van der Waals surface area contributed by atoms with Gasteiger partial charge in [-0.15, -0.1) is 0 Å². The van der Waals surface area contributed by atoms with Gasteiger partial charge in [-0.05, 0) is 35.7 Å². The van der Waals surface area contributed by atoms with Crippen LogP contribution in [0, 0.1) is 6.92 Å². The minimum absolute atomic E-state index is 0. The maximum absolute atomic E-state index is 12.1. The summed E-state index contributed by atoms with van der Waals surface area (Å²) in [5.74, 6) is -1.65. The molecule has 0 bridgehead atoms. The highest BCUT2D eigenvalue weighted by molar-refractivity contribution is 6.34. The lowest BCUT2D eigenvalue weighted by Gasteiger charge is -2.22. The molecule has 2 aromatic carbocycles. The number of aryl methyl sites for hydroxylation is 1. The molecule has 23 heavy (non-hydrogen) atoms. The Morgan fingerprint density at radius 1 is 1.09 bits per heavy atom. The molecule has 0 radical (unpaired) electrons. The lowest BCUT2D eigenvalue weighted by atomic mass is 10.1. The van der Waals surface area contributed by atoms with E-state index in [9.17, 15) is 9.59 Å². The number of benzene rings is 2. The lowest BCUT2D eigenvalue weighted by molar-refractivity contribution is -0.145. The van der Waals surface area contributed by atoms with Gasteiger partial charge in [0.25, 0.3) is 0 Å². The van der Waals surface area contributed by atoms with Gasteiger partial charge in [0, 0.05) is 18.1 Å². The van der Waals surface area contributed by atoms with Crippen molar-refractivity contribution >= 4 is 23.4 Å². The van der Waals surface area contributed by atoms with Gasteiger partial charge < -0.3 is 16.8 Å². The van der Waals surface area contributed by atoms with Crippen LogP contribution in [-0.4, -0.2) is 16.7 Å². The van der Waals surface area contributed by atoms with Crippen LogP contribution in [0.3, 0.4) is 0 Å². The molecule has 0 heterocycles. The quantitative estimate of drug-likeness (QED) is 0.841. The van der Waals surface area contributed by atoms with E-state index in [0.717, 1.165) is 16.7 Å². The van der Waals surface area contributed by atoms with Crippen molar-refractivity contribution in [1.82, 2.24) is 11.1 Å². The Bertz CT molecular complexity index is 689. The van der Waals surface area contributed by atoms with Gasteiger partial charge in [-0.25, -0.2) is 0 Å². The van der Waals surface area contributed by atoms with Crippen molar-refractivity contribution in [3.63, 3.8) is 0 Å². The Labute approximate surface area is 140 Å². The zero-order valence-electron chi connectivity index (χ0n) is 13.0. The molecule has 0 atom stereocenters. The van der Waals surface area contributed by atoms with Crippen LogP contribution in [0.4, 0.5) is 0 Å². The predicted octanol–water partition coefficient (Wildman–Crippen LogP) is 2.82. The van der Waals surface area contributed by atoms with Crippen LogP contribution in [0.25, 0.3) is 0 Å². The van der Waals surface area contributed by atoms with Crippen LogP contribution < -0.4 is 11.9 Å². The molecule has 0 aliphatic heterocycles. The van der Waals surface area contributed by atoms with Crippen LogP contribution in [-0.2, 0) is 22.7 Å². The van der Waals surface area contributed by atoms with Gasteiger partial charge in [0.15, 0.2) is 0 Å². The SMILES string of the molecule is Cc1cc(Cl)ccc1CN(Cc1ccccc1)C(=O)C(N)=O.N. The third-order valence-corrected chi connectivity index (χ3v) is 3.62. The summed E-state index contributed by atoms with van der Waals surface area (Å²) in [5.41, 5.74) is 7.98. The average molecular weight is 334 g/mol. The van der Waals surface area contributed by atoms with E-state index in [0.29, 0.717) is 18.1 Å². The molecule has 0 spiro atoms. The predicted molar refractivity (Wildman–Crippen MR) is 91.1 cm³/mol. The van der Waals surface area contributed by atoms with Crippen LogP contribution in [0.1, 0.15) is 16.7 Å². The molecule has 0 aliphatic rings. The number of nitrogens with two attached hydrogens (primary N) is 1. The summed E-state index contributed by atoms with van der Waals surface area (Å²) in [4.78, 5) is 24.8. The van der Waals surface area contributed by atoms with Crippen LogP contribution in [0.15, 0.2) is 48.5 Å². The van der Waals surface area contributed by atoms with Gasteiger partial charge in [-0.3, -0.25) is 9.59 Å². The van der Waals surface area contributed by atoms with Crippen molar-refractivity contribution in [1.29, 1.82) is 0 Å². The molecular weight excluding hydrogens is 314 g/mol. The number of halogens is 1. The fraction of sp³-hybridized carbons (Fsp3) is 0.176. The Kier molecular flexibility index (Phi) is 6.75. The minimum Gasteiger partial charge on any atom is -0.361 e. The van der Waals surface area contributed by atoms with Crippen molar-refractivity contribution in [2.75, 3.05) is 0 Å². The molecule has 0 fully saturated rings. The zero-order valence-corrected chi connectivity index (χ0v) is 13.7. The van der Waals surface area contributed by atoms with Crippen LogP contribution in [0.5, 0.6) is 0 Å². The summed E-state index contributed by atoms with van der Waals surface area (Å²) in [6.07, 6.45) is 0. The maximum atomic E-state index is 12.1. The molecule has 0 unspecified atom stereocenters. The number of amides is 2. The second-order valence-electron chi connectivity index (χ2n) is 5.08. The maximum Gasteiger partial charge on any atom is 0.312 e. The standard InChI is InChI=1S/C17H17ClN2O2.H3N/c1-12-9-15(18)8-7-14(12)11-20(17(22)16(19)21)10-13-5-3-2-4-6-13;/h2-9H,10-11H2,1H3,(H2,19,21);1H3. The Balaban J connectivity index is 0.00000264. The summed E-state index contributed by atoms with van der Waals surface area (Å²) >= 11 is 5.94. The molecule has 2 aromatic rings. The average Bonchev–Trinajstić information content (AvgIpc) is 2.49. The number of primary amides is 1. The summed E-state index contributed by atoms with van der Waals surface area (Å²) < 4.78 is 0. The van der Waals surface area contributed by atoms with Crippen molar-refractivity contribution < 1.29 is 9.59 Å². The first-order chi connectivity index (χ1) is 10.5. The second-order valence-corrected chi connectivity index (χ2v) is 5.52. The van der Waals surface area contributed by atoms with E-state index in [-0.39, 0.29) is 6.15 Å². The normalized spacial score (nSPS) is 9.83. The smallest absolute Gasteiger partial charge is 0.312 e. The monoisotopic (exact) mass is 333 g/mol. The highest BCUT2D eigenvalue weighted by Gasteiger charge is 2.20. The van der Waals surface area contributed by atoms with Crippen LogP contribution in [0.2, 0.25) is 5.02 Å².